The molecule has 0 aliphatic heterocycles. The zero-order chi connectivity index (χ0) is 33.4. The van der Waals surface area contributed by atoms with E-state index in [2.05, 4.69) is 93.6 Å². The van der Waals surface area contributed by atoms with E-state index in [4.69, 9.17) is 0 Å². The van der Waals surface area contributed by atoms with Crippen molar-refractivity contribution in [3.63, 3.8) is 0 Å². The lowest BCUT2D eigenvalue weighted by molar-refractivity contribution is -0.128. The number of rotatable bonds is 14. The van der Waals surface area contributed by atoms with Gasteiger partial charge < -0.3 is 4.55 Å². The second-order valence-corrected chi connectivity index (χ2v) is 18.0. The third-order valence-corrected chi connectivity index (χ3v) is 14.3. The largest absolute Gasteiger partial charge is 0.748 e. The molecule has 2 unspecified atom stereocenters. The monoisotopic (exact) mass is 662 g/mol. The molecule has 0 spiro atoms. The van der Waals surface area contributed by atoms with Crippen LogP contribution in [0.1, 0.15) is 109 Å². The van der Waals surface area contributed by atoms with Crippen LogP contribution in [0.5, 0.6) is 0 Å². The maximum Gasteiger partial charge on any atom is 0.140 e. The van der Waals surface area contributed by atoms with Crippen molar-refractivity contribution in [1.82, 2.24) is 0 Å². The Morgan fingerprint density at radius 1 is 0.696 bits per heavy atom. The van der Waals surface area contributed by atoms with Gasteiger partial charge in [0.05, 0.1) is 23.8 Å². The second kappa shape index (κ2) is 16.2. The molecule has 6 heteroatoms. The standard InChI is InChI=1S/C30H39P.C10H16O4S/c1-4-7-10-25-13-19-28(20-14-25)31(29-21-15-26(16-22-29)11-8-5-2)30-23-17-27(18-24-30)12-9-6-3;1-9(2)7-3-4-10(9,8(11)5-7)6-15(12,13)14/h13-24H,4-12H2,1-3H3;7H,3-6H2,1-2H3,(H,12,13,14). The average molecular weight is 663 g/mol. The summed E-state index contributed by atoms with van der Waals surface area (Å²) in [6.07, 6.45) is 13.0. The van der Waals surface area contributed by atoms with Crippen LogP contribution >= 0.6 is 7.92 Å². The van der Waals surface area contributed by atoms with Crippen LogP contribution in [0.4, 0.5) is 0 Å². The Morgan fingerprint density at radius 3 is 1.33 bits per heavy atom. The molecule has 0 amide bonds. The number of aryl methyl sites for hydroxylation is 3. The van der Waals surface area contributed by atoms with Crippen LogP contribution in [0.2, 0.25) is 0 Å². The number of ketones is 1. The van der Waals surface area contributed by atoms with Crippen molar-refractivity contribution in [1.29, 1.82) is 0 Å². The van der Waals surface area contributed by atoms with E-state index < -0.39 is 29.2 Å². The minimum atomic E-state index is -4.33. The molecular weight excluding hydrogens is 607 g/mol. The number of hydrogen-bond donors (Lipinski definition) is 0. The van der Waals surface area contributed by atoms with E-state index in [9.17, 15) is 17.8 Å². The topological polar surface area (TPSA) is 74.3 Å². The molecule has 3 aromatic carbocycles. The van der Waals surface area contributed by atoms with Gasteiger partial charge in [-0.2, -0.15) is 0 Å². The van der Waals surface area contributed by atoms with Crippen LogP contribution in [0.3, 0.4) is 0 Å². The van der Waals surface area contributed by atoms with Crippen molar-refractivity contribution in [3.8, 4) is 0 Å². The Hall–Kier alpha value is -2.33. The van der Waals surface area contributed by atoms with Gasteiger partial charge >= 0.3 is 0 Å². The summed E-state index contributed by atoms with van der Waals surface area (Å²) >= 11 is 0. The predicted molar refractivity (Wildman–Crippen MR) is 196 cm³/mol. The first kappa shape index (κ1) is 36.5. The van der Waals surface area contributed by atoms with E-state index in [1.165, 1.54) is 90.4 Å². The molecule has 2 aliphatic carbocycles. The molecule has 250 valence electrons. The van der Waals surface area contributed by atoms with Crippen molar-refractivity contribution >= 4 is 39.7 Å². The summed E-state index contributed by atoms with van der Waals surface area (Å²) in [6, 6.07) is 28.6. The summed E-state index contributed by atoms with van der Waals surface area (Å²) < 4.78 is 32.7. The maximum absolute atomic E-state index is 11.8. The molecule has 2 bridgehead atoms. The molecule has 2 aliphatic rings. The van der Waals surface area contributed by atoms with E-state index in [0.717, 1.165) is 6.42 Å². The SMILES string of the molecule is CC1(C)C2CCC1(CS(=O)(=O)[O-])C(=O)C2.CCCCc1ccc([PH+](c2ccc(CCCC)cc2)c2ccc(CCCC)cc2)cc1. The molecule has 0 heterocycles. The van der Waals surface area contributed by atoms with E-state index >= 15 is 0 Å². The number of carbonyl (C=O) groups excluding carboxylic acids is 1. The van der Waals surface area contributed by atoms with E-state index in [0.29, 0.717) is 12.8 Å². The highest BCUT2D eigenvalue weighted by atomic mass is 32.2. The molecule has 0 aromatic heterocycles. The van der Waals surface area contributed by atoms with Gasteiger partial charge in [-0.1, -0.05) is 90.3 Å². The lowest BCUT2D eigenvalue weighted by atomic mass is 9.70. The van der Waals surface area contributed by atoms with Crippen molar-refractivity contribution < 1.29 is 17.8 Å². The predicted octanol–water partition coefficient (Wildman–Crippen LogP) is 8.13. The Morgan fingerprint density at radius 2 is 1.07 bits per heavy atom. The van der Waals surface area contributed by atoms with Gasteiger partial charge in [-0.05, 0) is 116 Å². The van der Waals surface area contributed by atoms with Crippen LogP contribution in [-0.4, -0.2) is 24.5 Å². The van der Waals surface area contributed by atoms with E-state index in [-0.39, 0.29) is 17.1 Å². The number of unbranched alkanes of at least 4 members (excludes halogenated alkanes) is 3. The number of Topliss-reactive ketones (excluding diaryl/α,β-unsaturated/α-hetero) is 1. The Kier molecular flexibility index (Phi) is 12.8. The minimum Gasteiger partial charge on any atom is -0.748 e. The van der Waals surface area contributed by atoms with E-state index in [1.54, 1.807) is 0 Å². The van der Waals surface area contributed by atoms with Gasteiger partial charge in [0.25, 0.3) is 0 Å². The molecule has 5 rings (SSSR count). The third-order valence-electron chi connectivity index (χ3n) is 10.7. The van der Waals surface area contributed by atoms with Crippen LogP contribution in [-0.2, 0) is 34.2 Å². The maximum atomic E-state index is 11.8. The first-order valence-electron chi connectivity index (χ1n) is 17.6. The van der Waals surface area contributed by atoms with Gasteiger partial charge in [-0.15, -0.1) is 0 Å². The highest BCUT2D eigenvalue weighted by Gasteiger charge is 2.64. The minimum absolute atomic E-state index is 0.0248. The number of fused-ring (bicyclic) bond motifs is 2. The Balaban J connectivity index is 0.000000266. The van der Waals surface area contributed by atoms with Gasteiger partial charge in [-0.3, -0.25) is 4.79 Å². The lowest BCUT2D eigenvalue weighted by Gasteiger charge is -2.37. The zero-order valence-corrected chi connectivity index (χ0v) is 30.6. The van der Waals surface area contributed by atoms with Crippen molar-refractivity contribution in [2.45, 2.75) is 112 Å². The lowest BCUT2D eigenvalue weighted by Crippen LogP contribution is -2.42. The van der Waals surface area contributed by atoms with Gasteiger partial charge in [0, 0.05) is 11.8 Å². The smallest absolute Gasteiger partial charge is 0.140 e. The van der Waals surface area contributed by atoms with Crippen LogP contribution in [0.25, 0.3) is 0 Å². The van der Waals surface area contributed by atoms with Crippen LogP contribution in [0.15, 0.2) is 72.8 Å². The summed E-state index contributed by atoms with van der Waals surface area (Å²) in [7, 11) is -5.31. The van der Waals surface area contributed by atoms with E-state index in [1.807, 2.05) is 13.8 Å². The summed E-state index contributed by atoms with van der Waals surface area (Å²) in [4.78, 5) is 11.8. The molecule has 0 N–H and O–H groups in total. The molecule has 0 radical (unpaired) electrons. The molecule has 0 saturated heterocycles. The highest BCUT2D eigenvalue weighted by molar-refractivity contribution is 7.85. The van der Waals surface area contributed by atoms with Crippen LogP contribution in [0, 0.1) is 16.7 Å². The normalized spacial score (nSPS) is 20.2. The fraction of sp³-hybridized carbons (Fsp3) is 0.525. The number of benzene rings is 3. The second-order valence-electron chi connectivity index (χ2n) is 14.1. The Bertz CT molecular complexity index is 1390. The molecule has 4 nitrogen and oxygen atoms in total. The summed E-state index contributed by atoms with van der Waals surface area (Å²) in [5, 5.41) is 4.48. The number of hydrogen-bond acceptors (Lipinski definition) is 4. The van der Waals surface area contributed by atoms with Gasteiger partial charge in [0.1, 0.15) is 21.7 Å². The van der Waals surface area contributed by atoms with Crippen molar-refractivity contribution in [2.75, 3.05) is 5.75 Å². The van der Waals surface area contributed by atoms with Gasteiger partial charge in [0.15, 0.2) is 0 Å². The molecule has 2 atom stereocenters. The van der Waals surface area contributed by atoms with Gasteiger partial charge in [0.2, 0.25) is 0 Å². The fourth-order valence-corrected chi connectivity index (χ4v) is 11.3. The van der Waals surface area contributed by atoms with Gasteiger partial charge in [-0.25, -0.2) is 8.42 Å². The molecule has 46 heavy (non-hydrogen) atoms. The summed E-state index contributed by atoms with van der Waals surface area (Å²) in [5.41, 5.74) is 3.19. The Labute approximate surface area is 280 Å². The first-order chi connectivity index (χ1) is 21.9. The van der Waals surface area contributed by atoms with Crippen LogP contribution < -0.4 is 15.9 Å². The summed E-state index contributed by atoms with van der Waals surface area (Å²) in [5.74, 6) is -0.280. The summed E-state index contributed by atoms with van der Waals surface area (Å²) in [6.45, 7) is 10.6. The zero-order valence-electron chi connectivity index (χ0n) is 28.7. The molecule has 2 fully saturated rings. The number of carbonyl (C=O) groups is 1. The van der Waals surface area contributed by atoms with Crippen molar-refractivity contribution in [3.05, 3.63) is 89.5 Å². The molecule has 3 aromatic rings. The quantitative estimate of drug-likeness (QED) is 0.129. The van der Waals surface area contributed by atoms with Crippen molar-refractivity contribution in [2.24, 2.45) is 16.7 Å². The highest BCUT2D eigenvalue weighted by Crippen LogP contribution is 2.64. The average Bonchev–Trinajstić information content (AvgIpc) is 3.37. The molecule has 2 saturated carbocycles. The fourth-order valence-electron chi connectivity index (χ4n) is 7.57. The molecular formula is C40H55O4PS. The first-order valence-corrected chi connectivity index (χ1v) is 20.6. The third kappa shape index (κ3) is 8.77.